The van der Waals surface area contributed by atoms with E-state index in [1.54, 1.807) is 14.2 Å². The molecule has 5 nitrogen and oxygen atoms in total. The molecule has 0 spiro atoms. The van der Waals surface area contributed by atoms with Crippen molar-refractivity contribution in [1.29, 1.82) is 0 Å². The van der Waals surface area contributed by atoms with Gasteiger partial charge in [0.1, 0.15) is 0 Å². The number of ether oxygens (including phenoxy) is 2. The Kier molecular flexibility index (Phi) is 7.87. The van der Waals surface area contributed by atoms with Gasteiger partial charge < -0.3 is 20.1 Å². The fraction of sp³-hybridized carbons (Fsp3) is 0.533. The lowest BCUT2D eigenvalue weighted by Gasteiger charge is -2.15. The number of amides is 1. The van der Waals surface area contributed by atoms with Crippen LogP contribution in [0.5, 0.6) is 0 Å². The first-order valence-corrected chi connectivity index (χ1v) is 6.74. The van der Waals surface area contributed by atoms with Crippen molar-refractivity contribution in [2.45, 2.75) is 26.1 Å². The van der Waals surface area contributed by atoms with Crippen LogP contribution in [0.15, 0.2) is 24.3 Å². The molecule has 2 N–H and O–H groups in total. The van der Waals surface area contributed by atoms with E-state index in [0.717, 1.165) is 11.1 Å². The Morgan fingerprint density at radius 1 is 1.20 bits per heavy atom. The number of rotatable bonds is 9. The van der Waals surface area contributed by atoms with Gasteiger partial charge in [-0.2, -0.15) is 0 Å². The van der Waals surface area contributed by atoms with Gasteiger partial charge in [-0.05, 0) is 18.1 Å². The lowest BCUT2D eigenvalue weighted by molar-refractivity contribution is -0.122. The Balaban J connectivity index is 2.44. The fourth-order valence-electron chi connectivity index (χ4n) is 1.81. The molecule has 0 saturated carbocycles. The highest BCUT2D eigenvalue weighted by atomic mass is 16.5. The molecule has 0 aliphatic carbocycles. The van der Waals surface area contributed by atoms with E-state index in [2.05, 4.69) is 10.6 Å². The molecule has 1 atom stereocenters. The van der Waals surface area contributed by atoms with E-state index in [1.807, 2.05) is 31.2 Å². The maximum absolute atomic E-state index is 11.8. The van der Waals surface area contributed by atoms with E-state index in [0.29, 0.717) is 26.3 Å². The number of hydrogen-bond donors (Lipinski definition) is 2. The van der Waals surface area contributed by atoms with Crippen molar-refractivity contribution in [3.8, 4) is 0 Å². The van der Waals surface area contributed by atoms with E-state index >= 15 is 0 Å². The van der Waals surface area contributed by atoms with Gasteiger partial charge in [0.05, 0.1) is 19.3 Å². The average molecular weight is 280 g/mol. The fourth-order valence-corrected chi connectivity index (χ4v) is 1.81. The van der Waals surface area contributed by atoms with Crippen LogP contribution in [0.1, 0.15) is 18.1 Å². The zero-order chi connectivity index (χ0) is 14.8. The first-order valence-electron chi connectivity index (χ1n) is 6.74. The molecule has 20 heavy (non-hydrogen) atoms. The normalized spacial score (nSPS) is 12.2. The van der Waals surface area contributed by atoms with E-state index < -0.39 is 0 Å². The summed E-state index contributed by atoms with van der Waals surface area (Å²) in [7, 11) is 3.29. The van der Waals surface area contributed by atoms with E-state index in [4.69, 9.17) is 9.47 Å². The third-order valence-corrected chi connectivity index (χ3v) is 3.02. The first-order chi connectivity index (χ1) is 9.69. The van der Waals surface area contributed by atoms with Gasteiger partial charge >= 0.3 is 0 Å². The van der Waals surface area contributed by atoms with Crippen molar-refractivity contribution in [2.24, 2.45) is 0 Å². The van der Waals surface area contributed by atoms with Crippen molar-refractivity contribution in [3.63, 3.8) is 0 Å². The predicted octanol–water partition coefficient (Wildman–Crippen LogP) is 1.07. The third-order valence-electron chi connectivity index (χ3n) is 3.02. The van der Waals surface area contributed by atoms with Crippen molar-refractivity contribution in [2.75, 3.05) is 27.4 Å². The number of hydrogen-bond acceptors (Lipinski definition) is 4. The number of carbonyl (C=O) groups excluding carboxylic acids is 1. The van der Waals surface area contributed by atoms with E-state index in [9.17, 15) is 4.79 Å². The molecule has 1 unspecified atom stereocenters. The maximum atomic E-state index is 11.8. The SMILES string of the molecule is COCCNC(=O)C(C)NCc1ccccc1COC. The van der Waals surface area contributed by atoms with Crippen LogP contribution in [0.2, 0.25) is 0 Å². The van der Waals surface area contributed by atoms with Crippen molar-refractivity contribution < 1.29 is 14.3 Å². The van der Waals surface area contributed by atoms with Gasteiger partial charge in [0.2, 0.25) is 5.91 Å². The van der Waals surface area contributed by atoms with Crippen molar-refractivity contribution in [3.05, 3.63) is 35.4 Å². The Labute approximate surface area is 120 Å². The standard InChI is InChI=1S/C15H24N2O3/c1-12(15(18)16-8-9-19-2)17-10-13-6-4-5-7-14(13)11-20-3/h4-7,12,17H,8-11H2,1-3H3,(H,16,18). The van der Waals surface area contributed by atoms with Gasteiger partial charge in [-0.3, -0.25) is 4.79 Å². The topological polar surface area (TPSA) is 59.6 Å². The summed E-state index contributed by atoms with van der Waals surface area (Å²) in [6.07, 6.45) is 0. The molecule has 0 fully saturated rings. The van der Waals surface area contributed by atoms with Gasteiger partial charge in [0.25, 0.3) is 0 Å². The molecule has 0 bridgehead atoms. The second-order valence-corrected chi connectivity index (χ2v) is 4.59. The minimum Gasteiger partial charge on any atom is -0.383 e. The summed E-state index contributed by atoms with van der Waals surface area (Å²) in [6, 6.07) is 7.79. The molecule has 0 radical (unpaired) electrons. The Morgan fingerprint density at radius 3 is 2.55 bits per heavy atom. The molecule has 1 aromatic carbocycles. The molecule has 1 amide bonds. The van der Waals surface area contributed by atoms with Gasteiger partial charge in [-0.1, -0.05) is 24.3 Å². The highest BCUT2D eigenvalue weighted by Crippen LogP contribution is 2.09. The molecule has 0 aliphatic heterocycles. The van der Waals surface area contributed by atoms with Gasteiger partial charge in [-0.15, -0.1) is 0 Å². The summed E-state index contributed by atoms with van der Waals surface area (Å²) in [4.78, 5) is 11.8. The monoisotopic (exact) mass is 280 g/mol. The highest BCUT2D eigenvalue weighted by Gasteiger charge is 2.12. The van der Waals surface area contributed by atoms with Crippen LogP contribution in [-0.4, -0.2) is 39.3 Å². The minimum absolute atomic E-state index is 0.0220. The predicted molar refractivity (Wildman–Crippen MR) is 78.3 cm³/mol. The molecular formula is C15H24N2O3. The molecule has 0 aliphatic rings. The van der Waals surface area contributed by atoms with Crippen LogP contribution in [0.25, 0.3) is 0 Å². The Hall–Kier alpha value is -1.43. The summed E-state index contributed by atoms with van der Waals surface area (Å²) in [5.41, 5.74) is 2.28. The summed E-state index contributed by atoms with van der Waals surface area (Å²) in [6.45, 7) is 4.11. The van der Waals surface area contributed by atoms with Gasteiger partial charge in [0, 0.05) is 27.3 Å². The quantitative estimate of drug-likeness (QED) is 0.664. The number of nitrogens with one attached hydrogen (secondary N) is 2. The second-order valence-electron chi connectivity index (χ2n) is 4.59. The van der Waals surface area contributed by atoms with Crippen molar-refractivity contribution >= 4 is 5.91 Å². The molecule has 0 heterocycles. The number of methoxy groups -OCH3 is 2. The number of carbonyl (C=O) groups is 1. The molecule has 5 heteroatoms. The molecule has 0 saturated heterocycles. The minimum atomic E-state index is -0.248. The van der Waals surface area contributed by atoms with Crippen molar-refractivity contribution in [1.82, 2.24) is 10.6 Å². The van der Waals surface area contributed by atoms with E-state index in [-0.39, 0.29) is 11.9 Å². The largest absolute Gasteiger partial charge is 0.383 e. The summed E-state index contributed by atoms with van der Waals surface area (Å²) in [5.74, 6) is -0.0220. The zero-order valence-corrected chi connectivity index (χ0v) is 12.4. The molecular weight excluding hydrogens is 256 g/mol. The van der Waals surface area contributed by atoms with Gasteiger partial charge in [-0.25, -0.2) is 0 Å². The van der Waals surface area contributed by atoms with Crippen LogP contribution in [0.4, 0.5) is 0 Å². The van der Waals surface area contributed by atoms with Crippen LogP contribution in [0.3, 0.4) is 0 Å². The first kappa shape index (κ1) is 16.6. The maximum Gasteiger partial charge on any atom is 0.236 e. The Bertz CT molecular complexity index is 410. The molecule has 1 aromatic rings. The lowest BCUT2D eigenvalue weighted by atomic mass is 10.1. The van der Waals surface area contributed by atoms with E-state index in [1.165, 1.54) is 0 Å². The van der Waals surface area contributed by atoms with Gasteiger partial charge in [0.15, 0.2) is 0 Å². The molecule has 112 valence electrons. The van der Waals surface area contributed by atoms with Crippen LogP contribution < -0.4 is 10.6 Å². The van der Waals surface area contributed by atoms with Crippen LogP contribution >= 0.6 is 0 Å². The smallest absolute Gasteiger partial charge is 0.236 e. The highest BCUT2D eigenvalue weighted by molar-refractivity contribution is 5.81. The Morgan fingerprint density at radius 2 is 1.90 bits per heavy atom. The lowest BCUT2D eigenvalue weighted by Crippen LogP contribution is -2.42. The second kappa shape index (κ2) is 9.47. The average Bonchev–Trinajstić information content (AvgIpc) is 2.46. The number of benzene rings is 1. The zero-order valence-electron chi connectivity index (χ0n) is 12.4. The molecule has 1 rings (SSSR count). The summed E-state index contributed by atoms with van der Waals surface area (Å²) < 4.78 is 10.1. The third kappa shape index (κ3) is 5.69. The van der Waals surface area contributed by atoms with Crippen LogP contribution in [0, 0.1) is 0 Å². The van der Waals surface area contributed by atoms with Crippen LogP contribution in [-0.2, 0) is 27.4 Å². The molecule has 0 aromatic heterocycles. The summed E-state index contributed by atoms with van der Waals surface area (Å²) in [5, 5.41) is 6.02. The summed E-state index contributed by atoms with van der Waals surface area (Å²) >= 11 is 0.